The number of rotatable bonds is 6. The molecule has 1 aromatic carbocycles. The first kappa shape index (κ1) is 21.6. The van der Waals surface area contributed by atoms with E-state index in [0.29, 0.717) is 44.0 Å². The van der Waals surface area contributed by atoms with Crippen LogP contribution in [0.4, 0.5) is 10.1 Å². The average molecular weight is 465 g/mol. The summed E-state index contributed by atoms with van der Waals surface area (Å²) in [7, 11) is -3.63. The molecule has 0 radical (unpaired) electrons. The summed E-state index contributed by atoms with van der Waals surface area (Å²) in [4.78, 5) is 14.9. The zero-order valence-electron chi connectivity index (χ0n) is 16.5. The number of halogens is 1. The third kappa shape index (κ3) is 5.18. The number of sulfonamides is 1. The Morgan fingerprint density at radius 1 is 1.10 bits per heavy atom. The van der Waals surface area contributed by atoms with E-state index in [9.17, 15) is 17.6 Å². The maximum absolute atomic E-state index is 13.1. The SMILES string of the molecule is O=C(CN1CCCN(S(=O)(=O)c2ccc(-c3ccon3)s2)CC1)Nc1ccc(F)cc1. The van der Waals surface area contributed by atoms with E-state index in [1.165, 1.54) is 34.8 Å². The van der Waals surface area contributed by atoms with Gasteiger partial charge in [-0.1, -0.05) is 5.16 Å². The minimum atomic E-state index is -3.63. The van der Waals surface area contributed by atoms with Gasteiger partial charge in [0.2, 0.25) is 5.91 Å². The normalized spacial score (nSPS) is 16.2. The van der Waals surface area contributed by atoms with Gasteiger partial charge in [-0.3, -0.25) is 9.69 Å². The summed E-state index contributed by atoms with van der Waals surface area (Å²) >= 11 is 1.16. The molecule has 4 rings (SSSR count). The van der Waals surface area contributed by atoms with Gasteiger partial charge in [0.05, 0.1) is 11.4 Å². The van der Waals surface area contributed by atoms with Gasteiger partial charge in [0.1, 0.15) is 22.0 Å². The predicted octanol–water partition coefficient (Wildman–Crippen LogP) is 2.88. The van der Waals surface area contributed by atoms with Crippen molar-refractivity contribution in [3.63, 3.8) is 0 Å². The van der Waals surface area contributed by atoms with Crippen molar-refractivity contribution in [1.29, 1.82) is 0 Å². The lowest BCUT2D eigenvalue weighted by Crippen LogP contribution is -2.37. The number of carbonyl (C=O) groups excluding carboxylic acids is 1. The predicted molar refractivity (Wildman–Crippen MR) is 115 cm³/mol. The maximum Gasteiger partial charge on any atom is 0.252 e. The van der Waals surface area contributed by atoms with Crippen molar-refractivity contribution in [3.05, 3.63) is 54.5 Å². The van der Waals surface area contributed by atoms with Gasteiger partial charge < -0.3 is 9.84 Å². The third-order valence-electron chi connectivity index (χ3n) is 4.91. The molecule has 2 aromatic heterocycles. The van der Waals surface area contributed by atoms with Crippen LogP contribution in [0.1, 0.15) is 6.42 Å². The summed E-state index contributed by atoms with van der Waals surface area (Å²) in [5, 5.41) is 6.57. The first-order valence-electron chi connectivity index (χ1n) is 9.70. The molecule has 0 aliphatic carbocycles. The largest absolute Gasteiger partial charge is 0.364 e. The Morgan fingerprint density at radius 2 is 1.90 bits per heavy atom. The van der Waals surface area contributed by atoms with Gasteiger partial charge in [0.25, 0.3) is 10.0 Å². The Morgan fingerprint density at radius 3 is 2.65 bits per heavy atom. The van der Waals surface area contributed by atoms with Crippen LogP contribution < -0.4 is 5.32 Å². The van der Waals surface area contributed by atoms with Crippen molar-refractivity contribution in [2.75, 3.05) is 38.0 Å². The van der Waals surface area contributed by atoms with Crippen LogP contribution in [0.15, 0.2) is 57.5 Å². The smallest absolute Gasteiger partial charge is 0.252 e. The molecule has 31 heavy (non-hydrogen) atoms. The molecule has 8 nitrogen and oxygen atoms in total. The van der Waals surface area contributed by atoms with E-state index >= 15 is 0 Å². The Balaban J connectivity index is 1.36. The topological polar surface area (TPSA) is 95.8 Å². The van der Waals surface area contributed by atoms with Crippen LogP contribution >= 0.6 is 11.3 Å². The van der Waals surface area contributed by atoms with E-state index in [-0.39, 0.29) is 22.5 Å². The first-order valence-corrected chi connectivity index (χ1v) is 12.0. The highest BCUT2D eigenvalue weighted by Gasteiger charge is 2.29. The second-order valence-electron chi connectivity index (χ2n) is 7.09. The van der Waals surface area contributed by atoms with Crippen LogP contribution in [0, 0.1) is 5.82 Å². The van der Waals surface area contributed by atoms with Gasteiger partial charge in [-0.05, 0) is 49.4 Å². The molecule has 1 N–H and O–H groups in total. The van der Waals surface area contributed by atoms with E-state index in [2.05, 4.69) is 10.5 Å². The number of aromatic nitrogens is 1. The number of nitrogens with zero attached hydrogens (tertiary/aromatic N) is 3. The fourth-order valence-electron chi connectivity index (χ4n) is 3.35. The summed E-state index contributed by atoms with van der Waals surface area (Å²) in [6, 6.07) is 10.5. The Kier molecular flexibility index (Phi) is 6.46. The molecule has 0 bridgehead atoms. The number of hydrogen-bond donors (Lipinski definition) is 1. The molecule has 164 valence electrons. The summed E-state index contributed by atoms with van der Waals surface area (Å²) in [5.74, 6) is -0.593. The van der Waals surface area contributed by atoms with Crippen LogP contribution in [-0.4, -0.2) is 61.4 Å². The molecule has 1 aliphatic heterocycles. The molecule has 1 aliphatic rings. The van der Waals surface area contributed by atoms with Crippen molar-refractivity contribution in [2.24, 2.45) is 0 Å². The highest BCUT2D eigenvalue weighted by Crippen LogP contribution is 2.31. The van der Waals surface area contributed by atoms with Gasteiger partial charge in [-0.2, -0.15) is 4.31 Å². The minimum Gasteiger partial charge on any atom is -0.364 e. The molecule has 0 saturated carbocycles. The number of nitrogens with one attached hydrogen (secondary N) is 1. The highest BCUT2D eigenvalue weighted by atomic mass is 32.2. The first-order chi connectivity index (χ1) is 14.9. The maximum atomic E-state index is 13.1. The van der Waals surface area contributed by atoms with Crippen molar-refractivity contribution in [3.8, 4) is 10.6 Å². The van der Waals surface area contributed by atoms with Crippen LogP contribution in [0.2, 0.25) is 0 Å². The fourth-order valence-corrected chi connectivity index (χ4v) is 6.24. The summed E-state index contributed by atoms with van der Waals surface area (Å²) in [5.41, 5.74) is 1.12. The molecule has 1 saturated heterocycles. The zero-order valence-corrected chi connectivity index (χ0v) is 18.2. The number of carbonyl (C=O) groups is 1. The van der Waals surface area contributed by atoms with Crippen molar-refractivity contribution in [1.82, 2.24) is 14.4 Å². The number of thiophene rings is 1. The van der Waals surface area contributed by atoms with E-state index in [4.69, 9.17) is 4.52 Å². The molecule has 0 unspecified atom stereocenters. The minimum absolute atomic E-state index is 0.139. The molecular formula is C20H21FN4O4S2. The molecule has 3 heterocycles. The zero-order chi connectivity index (χ0) is 21.8. The van der Waals surface area contributed by atoms with Gasteiger partial charge in [0.15, 0.2) is 0 Å². The van der Waals surface area contributed by atoms with E-state index in [1.807, 2.05) is 4.90 Å². The van der Waals surface area contributed by atoms with Gasteiger partial charge >= 0.3 is 0 Å². The second-order valence-corrected chi connectivity index (χ2v) is 10.3. The standard InChI is InChI=1S/C20H21FN4O4S2/c21-15-2-4-16(5-3-15)22-19(26)14-24-9-1-10-25(12-11-24)31(27,28)20-7-6-18(30-20)17-8-13-29-23-17/h2-8,13H,1,9-12,14H2,(H,22,26). The van der Waals surface area contributed by atoms with E-state index in [1.54, 1.807) is 18.2 Å². The van der Waals surface area contributed by atoms with Crippen molar-refractivity contribution >= 4 is 33.0 Å². The van der Waals surface area contributed by atoms with Crippen LogP contribution in [0.25, 0.3) is 10.6 Å². The summed E-state index contributed by atoms with van der Waals surface area (Å²) in [6.45, 7) is 1.87. The van der Waals surface area contributed by atoms with Crippen LogP contribution in [0.3, 0.4) is 0 Å². The van der Waals surface area contributed by atoms with E-state index in [0.717, 1.165) is 16.2 Å². The van der Waals surface area contributed by atoms with Gasteiger partial charge in [0, 0.05) is 31.4 Å². The molecule has 1 amide bonds. The average Bonchev–Trinajstić information content (AvgIpc) is 3.39. The fraction of sp³-hybridized carbons (Fsp3) is 0.300. The molecule has 0 atom stereocenters. The molecule has 3 aromatic rings. The lowest BCUT2D eigenvalue weighted by Gasteiger charge is -2.21. The number of hydrogen-bond acceptors (Lipinski definition) is 7. The van der Waals surface area contributed by atoms with Crippen LogP contribution in [-0.2, 0) is 14.8 Å². The lowest BCUT2D eigenvalue weighted by atomic mass is 10.3. The Bertz CT molecular complexity index is 1130. The molecule has 1 fully saturated rings. The molecule has 0 spiro atoms. The number of benzene rings is 1. The highest BCUT2D eigenvalue weighted by molar-refractivity contribution is 7.91. The van der Waals surface area contributed by atoms with Crippen molar-refractivity contribution < 1.29 is 22.1 Å². The van der Waals surface area contributed by atoms with Crippen LogP contribution in [0.5, 0.6) is 0 Å². The van der Waals surface area contributed by atoms with Gasteiger partial charge in [-0.15, -0.1) is 11.3 Å². The summed E-state index contributed by atoms with van der Waals surface area (Å²) in [6.07, 6.45) is 2.06. The Labute approximate surface area is 183 Å². The monoisotopic (exact) mass is 464 g/mol. The molecular weight excluding hydrogens is 443 g/mol. The quantitative estimate of drug-likeness (QED) is 0.603. The summed E-state index contributed by atoms with van der Waals surface area (Å²) < 4.78 is 45.7. The molecule has 11 heteroatoms. The van der Waals surface area contributed by atoms with Crippen molar-refractivity contribution in [2.45, 2.75) is 10.6 Å². The number of amides is 1. The van der Waals surface area contributed by atoms with Gasteiger partial charge in [-0.25, -0.2) is 12.8 Å². The Hall–Kier alpha value is -2.60. The third-order valence-corrected chi connectivity index (χ3v) is 8.38. The number of anilines is 1. The second kappa shape index (κ2) is 9.27. The lowest BCUT2D eigenvalue weighted by molar-refractivity contribution is -0.117. The van der Waals surface area contributed by atoms with E-state index < -0.39 is 10.0 Å².